The van der Waals surface area contributed by atoms with E-state index in [9.17, 15) is 0 Å². The molecular weight excluding hydrogens is 258 g/mol. The van der Waals surface area contributed by atoms with E-state index in [0.717, 1.165) is 18.5 Å². The summed E-state index contributed by atoms with van der Waals surface area (Å²) in [6, 6.07) is 7.10. The van der Waals surface area contributed by atoms with Crippen LogP contribution in [0, 0.1) is 5.92 Å². The van der Waals surface area contributed by atoms with Crippen LogP contribution in [0.2, 0.25) is 0 Å². The second-order valence-corrected chi connectivity index (χ2v) is 5.82. The molecule has 0 atom stereocenters. The van der Waals surface area contributed by atoms with E-state index >= 15 is 0 Å². The fourth-order valence-electron chi connectivity index (χ4n) is 3.41. The quantitative estimate of drug-likeness (QED) is 0.925. The van der Waals surface area contributed by atoms with Gasteiger partial charge in [0, 0.05) is 36.9 Å². The molecule has 0 spiro atoms. The minimum atomic E-state index is 0. The molecule has 0 aromatic carbocycles. The van der Waals surface area contributed by atoms with Crippen LogP contribution in [0.5, 0.6) is 0 Å². The maximum atomic E-state index is 5.69. The summed E-state index contributed by atoms with van der Waals surface area (Å²) in [6.45, 7) is 3.32. The first-order valence-corrected chi connectivity index (χ1v) is 7.22. The topological polar surface area (TPSA) is 42.1 Å². The minimum Gasteiger partial charge on any atom is -0.330 e. The highest BCUT2D eigenvalue weighted by atomic mass is 35.5. The highest BCUT2D eigenvalue weighted by Crippen LogP contribution is 2.35. The van der Waals surface area contributed by atoms with E-state index in [0.29, 0.717) is 5.92 Å². The van der Waals surface area contributed by atoms with E-state index in [2.05, 4.69) is 22.0 Å². The van der Waals surface area contributed by atoms with Crippen molar-refractivity contribution in [3.63, 3.8) is 0 Å². The first-order chi connectivity index (χ1) is 8.86. The van der Waals surface area contributed by atoms with Gasteiger partial charge in [-0.1, -0.05) is 6.07 Å². The van der Waals surface area contributed by atoms with Gasteiger partial charge in [-0.2, -0.15) is 0 Å². The summed E-state index contributed by atoms with van der Waals surface area (Å²) in [4.78, 5) is 7.13. The summed E-state index contributed by atoms with van der Waals surface area (Å²) in [5.41, 5.74) is 6.98. The fraction of sp³-hybridized carbons (Fsp3) is 0.667. The second-order valence-electron chi connectivity index (χ2n) is 5.82. The lowest BCUT2D eigenvalue weighted by atomic mass is 9.81. The van der Waals surface area contributed by atoms with Gasteiger partial charge in [0.2, 0.25) is 0 Å². The Hall–Kier alpha value is -0.640. The Bertz CT molecular complexity index is 370. The van der Waals surface area contributed by atoms with E-state index in [1.54, 1.807) is 0 Å². The van der Waals surface area contributed by atoms with Crippen molar-refractivity contribution in [3.05, 3.63) is 30.1 Å². The predicted molar refractivity (Wildman–Crippen MR) is 80.6 cm³/mol. The lowest BCUT2D eigenvalue weighted by Crippen LogP contribution is -2.55. The first-order valence-electron chi connectivity index (χ1n) is 7.22. The van der Waals surface area contributed by atoms with Gasteiger partial charge < -0.3 is 5.73 Å². The van der Waals surface area contributed by atoms with Gasteiger partial charge in [-0.25, -0.2) is 0 Å². The average molecular weight is 282 g/mol. The largest absolute Gasteiger partial charge is 0.330 e. The van der Waals surface area contributed by atoms with Crippen LogP contribution in [-0.4, -0.2) is 35.6 Å². The summed E-state index contributed by atoms with van der Waals surface area (Å²) < 4.78 is 0. The maximum absolute atomic E-state index is 5.69. The van der Waals surface area contributed by atoms with Crippen LogP contribution in [0.3, 0.4) is 0 Å². The maximum Gasteiger partial charge on any atom is 0.0434 e. The van der Waals surface area contributed by atoms with E-state index in [-0.39, 0.29) is 12.4 Å². The normalized spacial score (nSPS) is 28.5. The molecule has 19 heavy (non-hydrogen) atoms. The zero-order chi connectivity index (χ0) is 12.4. The number of nitrogens with zero attached hydrogens (tertiary/aromatic N) is 2. The number of hydrogen-bond acceptors (Lipinski definition) is 3. The van der Waals surface area contributed by atoms with Gasteiger partial charge in [0.25, 0.3) is 0 Å². The van der Waals surface area contributed by atoms with Crippen molar-refractivity contribution in [1.29, 1.82) is 0 Å². The molecule has 3 nitrogen and oxygen atoms in total. The third-order valence-electron chi connectivity index (χ3n) is 4.64. The van der Waals surface area contributed by atoms with E-state index in [1.807, 2.05) is 12.3 Å². The van der Waals surface area contributed by atoms with E-state index in [4.69, 9.17) is 5.73 Å². The van der Waals surface area contributed by atoms with Gasteiger partial charge in [0.1, 0.15) is 0 Å². The molecule has 1 aromatic rings. The summed E-state index contributed by atoms with van der Waals surface area (Å²) in [6.07, 6.45) is 7.18. The molecule has 2 N–H and O–H groups in total. The number of nitrogens with two attached hydrogens (primary N) is 1. The molecule has 2 aliphatic rings. The Kier molecular flexibility index (Phi) is 5.20. The summed E-state index contributed by atoms with van der Waals surface area (Å²) in [5.74, 6) is 1.45. The minimum absolute atomic E-state index is 0. The van der Waals surface area contributed by atoms with Crippen LogP contribution in [0.1, 0.15) is 37.3 Å². The van der Waals surface area contributed by atoms with Gasteiger partial charge >= 0.3 is 0 Å². The van der Waals surface area contributed by atoms with Crippen molar-refractivity contribution in [3.8, 4) is 0 Å². The molecule has 1 aromatic heterocycles. The Labute approximate surface area is 122 Å². The van der Waals surface area contributed by atoms with Crippen LogP contribution < -0.4 is 5.73 Å². The van der Waals surface area contributed by atoms with Gasteiger partial charge in [-0.3, -0.25) is 9.88 Å². The molecule has 106 valence electrons. The van der Waals surface area contributed by atoms with Crippen molar-refractivity contribution < 1.29 is 0 Å². The summed E-state index contributed by atoms with van der Waals surface area (Å²) in [5, 5.41) is 0. The number of aromatic nitrogens is 1. The van der Waals surface area contributed by atoms with Crippen molar-refractivity contribution >= 4 is 12.4 Å². The third-order valence-corrected chi connectivity index (χ3v) is 4.64. The fourth-order valence-corrected chi connectivity index (χ4v) is 3.41. The van der Waals surface area contributed by atoms with Crippen LogP contribution >= 0.6 is 12.4 Å². The molecule has 4 heteroatoms. The Balaban J connectivity index is 0.00000133. The predicted octanol–water partition coefficient (Wildman–Crippen LogP) is 2.42. The molecule has 0 amide bonds. The summed E-state index contributed by atoms with van der Waals surface area (Å²) in [7, 11) is 0. The highest BCUT2D eigenvalue weighted by molar-refractivity contribution is 5.85. The van der Waals surface area contributed by atoms with Crippen LogP contribution in [0.15, 0.2) is 24.4 Å². The standard InChI is InChI=1S/C15H23N3.ClH/c16-9-12-10-18(11-12)14-6-4-13(5-7-14)15-3-1-2-8-17-15;/h1-3,8,12-14H,4-7,9-11,16H2;1H. The number of halogens is 1. The molecule has 2 heterocycles. The highest BCUT2D eigenvalue weighted by Gasteiger charge is 2.34. The van der Waals surface area contributed by atoms with Crippen molar-refractivity contribution in [2.75, 3.05) is 19.6 Å². The molecule has 1 saturated carbocycles. The average Bonchev–Trinajstić information content (AvgIpc) is 2.39. The van der Waals surface area contributed by atoms with Crippen LogP contribution in [0.25, 0.3) is 0 Å². The lowest BCUT2D eigenvalue weighted by Gasteiger charge is -2.46. The Morgan fingerprint density at radius 3 is 2.47 bits per heavy atom. The van der Waals surface area contributed by atoms with Crippen molar-refractivity contribution in [1.82, 2.24) is 9.88 Å². The SMILES string of the molecule is Cl.NCC1CN(C2CCC(c3ccccn3)CC2)C1. The molecule has 1 aliphatic carbocycles. The Morgan fingerprint density at radius 2 is 1.89 bits per heavy atom. The van der Waals surface area contributed by atoms with E-state index in [1.165, 1.54) is 44.5 Å². The van der Waals surface area contributed by atoms with E-state index < -0.39 is 0 Å². The molecule has 3 rings (SSSR count). The molecule has 1 aliphatic heterocycles. The van der Waals surface area contributed by atoms with Crippen molar-refractivity contribution in [2.24, 2.45) is 11.7 Å². The zero-order valence-corrected chi connectivity index (χ0v) is 12.2. The molecule has 0 unspecified atom stereocenters. The zero-order valence-electron chi connectivity index (χ0n) is 11.4. The smallest absolute Gasteiger partial charge is 0.0434 e. The first kappa shape index (κ1) is 14.8. The number of rotatable bonds is 3. The number of likely N-dealkylation sites (tertiary alicyclic amines) is 1. The molecular formula is C15H24ClN3. The molecule has 0 radical (unpaired) electrons. The molecule has 2 fully saturated rings. The van der Waals surface area contributed by atoms with Gasteiger partial charge in [-0.05, 0) is 50.3 Å². The third kappa shape index (κ3) is 3.28. The van der Waals surface area contributed by atoms with Gasteiger partial charge in [-0.15, -0.1) is 12.4 Å². The Morgan fingerprint density at radius 1 is 1.16 bits per heavy atom. The van der Waals surface area contributed by atoms with Gasteiger partial charge in [0.05, 0.1) is 0 Å². The molecule has 0 bridgehead atoms. The number of pyridine rings is 1. The second kappa shape index (κ2) is 6.69. The number of hydrogen-bond donors (Lipinski definition) is 1. The lowest BCUT2D eigenvalue weighted by molar-refractivity contribution is 0.0365. The van der Waals surface area contributed by atoms with Gasteiger partial charge in [0.15, 0.2) is 0 Å². The van der Waals surface area contributed by atoms with Crippen molar-refractivity contribution in [2.45, 2.75) is 37.6 Å². The van der Waals surface area contributed by atoms with Crippen LogP contribution in [-0.2, 0) is 0 Å². The monoisotopic (exact) mass is 281 g/mol. The molecule has 1 saturated heterocycles. The summed E-state index contributed by atoms with van der Waals surface area (Å²) >= 11 is 0. The van der Waals surface area contributed by atoms with Crippen LogP contribution in [0.4, 0.5) is 0 Å².